The van der Waals surface area contributed by atoms with Crippen LogP contribution >= 0.6 is 0 Å². The number of hydrogen-bond donors (Lipinski definition) is 1. The molecule has 0 saturated heterocycles. The first-order valence-electron chi connectivity index (χ1n) is 7.37. The molecule has 0 radical (unpaired) electrons. The molecule has 0 amide bonds. The van der Waals surface area contributed by atoms with Crippen LogP contribution in [-0.2, 0) is 0 Å². The summed E-state index contributed by atoms with van der Waals surface area (Å²) in [5.41, 5.74) is 7.78. The van der Waals surface area contributed by atoms with E-state index < -0.39 is 0 Å². The zero-order valence-electron chi connectivity index (χ0n) is 13.6. The van der Waals surface area contributed by atoms with E-state index in [1.807, 2.05) is 64.1 Å². The van der Waals surface area contributed by atoms with Gasteiger partial charge in [0.2, 0.25) is 0 Å². The van der Waals surface area contributed by atoms with E-state index in [4.69, 9.17) is 5.73 Å². The van der Waals surface area contributed by atoms with Gasteiger partial charge in [0.25, 0.3) is 0 Å². The molecular formula is C19H26N2. The molecule has 1 aromatic heterocycles. The van der Waals surface area contributed by atoms with Crippen molar-refractivity contribution in [1.82, 2.24) is 4.98 Å². The molecule has 0 aliphatic heterocycles. The fraction of sp³-hybridized carbons (Fsp3) is 0.211. The summed E-state index contributed by atoms with van der Waals surface area (Å²) < 4.78 is 0. The van der Waals surface area contributed by atoms with Crippen molar-refractivity contribution in [1.29, 1.82) is 0 Å². The van der Waals surface area contributed by atoms with E-state index in [-0.39, 0.29) is 0 Å². The number of fused-ring (bicyclic) bond motifs is 1. The summed E-state index contributed by atoms with van der Waals surface area (Å²) in [4.78, 5) is 4.56. The summed E-state index contributed by atoms with van der Waals surface area (Å²) in [5, 5.41) is 2.66. The van der Waals surface area contributed by atoms with Gasteiger partial charge in [-0.1, -0.05) is 77.3 Å². The van der Waals surface area contributed by atoms with Crippen LogP contribution in [0.1, 0.15) is 27.7 Å². The Kier molecular flexibility index (Phi) is 9.27. The smallest absolute Gasteiger partial charge is 0.0730 e. The molecule has 21 heavy (non-hydrogen) atoms. The number of pyridine rings is 1. The number of benzene rings is 1. The SMILES string of the molecule is C=C/C=c1/c(N)c2ccccc2n/c1=C/C=C.CC.CC. The minimum atomic E-state index is 0.726. The molecule has 0 saturated carbocycles. The highest BCUT2D eigenvalue weighted by Crippen LogP contribution is 2.12. The van der Waals surface area contributed by atoms with Crippen molar-refractivity contribution >= 4 is 28.7 Å². The largest absolute Gasteiger partial charge is 0.398 e. The van der Waals surface area contributed by atoms with Crippen molar-refractivity contribution in [3.05, 3.63) is 60.1 Å². The number of anilines is 1. The number of nitrogen functional groups attached to an aromatic ring is 1. The summed E-state index contributed by atoms with van der Waals surface area (Å²) in [6.07, 6.45) is 7.13. The molecule has 2 nitrogen and oxygen atoms in total. The molecule has 0 fully saturated rings. The number of aromatic nitrogens is 1. The van der Waals surface area contributed by atoms with Gasteiger partial charge in [0.15, 0.2) is 0 Å². The summed E-state index contributed by atoms with van der Waals surface area (Å²) >= 11 is 0. The quantitative estimate of drug-likeness (QED) is 0.910. The Bertz CT molecular complexity index is 697. The molecule has 0 spiro atoms. The fourth-order valence-electron chi connectivity index (χ4n) is 1.80. The number of nitrogens with zero attached hydrogens (tertiary/aromatic N) is 1. The van der Waals surface area contributed by atoms with Crippen molar-refractivity contribution in [3.63, 3.8) is 0 Å². The van der Waals surface area contributed by atoms with Crippen molar-refractivity contribution in [2.24, 2.45) is 0 Å². The maximum Gasteiger partial charge on any atom is 0.0730 e. The van der Waals surface area contributed by atoms with Crippen molar-refractivity contribution < 1.29 is 0 Å². The van der Waals surface area contributed by atoms with Gasteiger partial charge >= 0.3 is 0 Å². The summed E-state index contributed by atoms with van der Waals surface area (Å²) in [6.45, 7) is 15.4. The number of rotatable bonds is 2. The first kappa shape index (κ1) is 18.7. The van der Waals surface area contributed by atoms with Crippen LogP contribution in [0.2, 0.25) is 0 Å². The van der Waals surface area contributed by atoms with Gasteiger partial charge in [-0.25, -0.2) is 4.98 Å². The zero-order valence-corrected chi connectivity index (χ0v) is 13.6. The third kappa shape index (κ3) is 4.60. The van der Waals surface area contributed by atoms with E-state index in [1.165, 1.54) is 0 Å². The first-order valence-corrected chi connectivity index (χ1v) is 7.37. The highest BCUT2D eigenvalue weighted by molar-refractivity contribution is 5.90. The molecule has 2 aromatic rings. The van der Waals surface area contributed by atoms with Crippen LogP contribution in [0.5, 0.6) is 0 Å². The monoisotopic (exact) mass is 282 g/mol. The molecule has 0 aliphatic rings. The minimum Gasteiger partial charge on any atom is -0.398 e. The van der Waals surface area contributed by atoms with Crippen LogP contribution < -0.4 is 16.3 Å². The number of allylic oxidation sites excluding steroid dienone is 2. The minimum absolute atomic E-state index is 0.726. The molecule has 2 N–H and O–H groups in total. The summed E-state index contributed by atoms with van der Waals surface area (Å²) in [5.74, 6) is 0. The Morgan fingerprint density at radius 3 is 2.10 bits per heavy atom. The van der Waals surface area contributed by atoms with Crippen molar-refractivity contribution in [2.45, 2.75) is 27.7 Å². The average molecular weight is 282 g/mol. The summed E-state index contributed by atoms with van der Waals surface area (Å²) in [7, 11) is 0. The topological polar surface area (TPSA) is 38.9 Å². The average Bonchev–Trinajstić information content (AvgIpc) is 2.55. The molecule has 2 heteroatoms. The van der Waals surface area contributed by atoms with Crippen molar-refractivity contribution in [3.8, 4) is 0 Å². The van der Waals surface area contributed by atoms with E-state index in [0.717, 1.165) is 27.2 Å². The maximum absolute atomic E-state index is 6.16. The standard InChI is InChI=1S/C15H14N2.2C2H6/c1-3-7-11-13(8-4-2)17-14-10-6-5-9-12(14)15(11)16;2*1-2/h3-10H,1-2,16H2;2*1-2H3/b11-7+,13-8+;;. The molecular weight excluding hydrogens is 256 g/mol. The molecule has 0 aliphatic carbocycles. The Labute approximate surface area is 128 Å². The second-order valence-electron chi connectivity index (χ2n) is 3.65. The van der Waals surface area contributed by atoms with Crippen LogP contribution in [0.4, 0.5) is 5.69 Å². The Balaban J connectivity index is 0.000000921. The Hall–Kier alpha value is -2.35. The van der Waals surface area contributed by atoms with E-state index in [0.29, 0.717) is 0 Å². The van der Waals surface area contributed by atoms with Gasteiger partial charge in [-0.05, 0) is 12.1 Å². The van der Waals surface area contributed by atoms with Crippen LogP contribution in [-0.4, -0.2) is 4.98 Å². The molecule has 0 atom stereocenters. The number of nitrogens with two attached hydrogens (primary N) is 1. The van der Waals surface area contributed by atoms with Crippen LogP contribution in [0, 0.1) is 0 Å². The third-order valence-corrected chi connectivity index (χ3v) is 2.56. The lowest BCUT2D eigenvalue weighted by molar-refractivity contribution is 1.29. The molecule has 0 unspecified atom stereocenters. The molecule has 2 rings (SSSR count). The molecule has 0 bridgehead atoms. The van der Waals surface area contributed by atoms with Crippen LogP contribution in [0.25, 0.3) is 23.1 Å². The van der Waals surface area contributed by atoms with Gasteiger partial charge in [-0.2, -0.15) is 0 Å². The molecule has 1 heterocycles. The number of para-hydroxylation sites is 1. The highest BCUT2D eigenvalue weighted by atomic mass is 14.7. The van der Waals surface area contributed by atoms with E-state index in [9.17, 15) is 0 Å². The van der Waals surface area contributed by atoms with Crippen molar-refractivity contribution in [2.75, 3.05) is 5.73 Å². The van der Waals surface area contributed by atoms with Gasteiger partial charge in [-0.15, -0.1) is 0 Å². The van der Waals surface area contributed by atoms with Gasteiger partial charge in [0, 0.05) is 10.6 Å². The Morgan fingerprint density at radius 2 is 1.52 bits per heavy atom. The normalized spacial score (nSPS) is 11.0. The van der Waals surface area contributed by atoms with Crippen LogP contribution in [0.3, 0.4) is 0 Å². The van der Waals surface area contributed by atoms with E-state index in [2.05, 4.69) is 18.1 Å². The third-order valence-electron chi connectivity index (χ3n) is 2.56. The summed E-state index contributed by atoms with van der Waals surface area (Å²) in [6, 6.07) is 7.82. The highest BCUT2D eigenvalue weighted by Gasteiger charge is 2.01. The maximum atomic E-state index is 6.16. The second-order valence-corrected chi connectivity index (χ2v) is 3.65. The lowest BCUT2D eigenvalue weighted by Crippen LogP contribution is -2.31. The van der Waals surface area contributed by atoms with Gasteiger partial charge < -0.3 is 5.73 Å². The Morgan fingerprint density at radius 1 is 0.952 bits per heavy atom. The lowest BCUT2D eigenvalue weighted by atomic mass is 10.1. The van der Waals surface area contributed by atoms with Crippen LogP contribution in [0.15, 0.2) is 49.6 Å². The first-order chi connectivity index (χ1) is 10.3. The van der Waals surface area contributed by atoms with Gasteiger partial charge in [-0.3, -0.25) is 0 Å². The predicted molar refractivity (Wildman–Crippen MR) is 97.4 cm³/mol. The van der Waals surface area contributed by atoms with E-state index >= 15 is 0 Å². The molecule has 1 aromatic carbocycles. The van der Waals surface area contributed by atoms with Gasteiger partial charge in [0.1, 0.15) is 0 Å². The second kappa shape index (κ2) is 10.4. The van der Waals surface area contributed by atoms with E-state index in [1.54, 1.807) is 12.2 Å². The molecule has 112 valence electrons. The fourth-order valence-corrected chi connectivity index (χ4v) is 1.80. The zero-order chi connectivity index (χ0) is 16.3. The van der Waals surface area contributed by atoms with Gasteiger partial charge in [0.05, 0.1) is 16.6 Å². The number of hydrogen-bond acceptors (Lipinski definition) is 2. The predicted octanol–water partition coefficient (Wildman–Crippen LogP) is 3.80. The lowest BCUT2D eigenvalue weighted by Gasteiger charge is -2.02.